The van der Waals surface area contributed by atoms with Gasteiger partial charge in [-0.15, -0.1) is 0 Å². The van der Waals surface area contributed by atoms with Crippen molar-refractivity contribution in [1.29, 1.82) is 0 Å². The van der Waals surface area contributed by atoms with Crippen molar-refractivity contribution in [2.45, 2.75) is 25.8 Å². The van der Waals surface area contributed by atoms with Crippen molar-refractivity contribution >= 4 is 0 Å². The zero-order chi connectivity index (χ0) is 8.69. The van der Waals surface area contributed by atoms with Crippen LogP contribution in [0.1, 0.15) is 19.8 Å². The third-order valence-electron chi connectivity index (χ3n) is 1.96. The van der Waals surface area contributed by atoms with Crippen molar-refractivity contribution in [2.75, 3.05) is 26.7 Å². The lowest BCUT2D eigenvalue weighted by Gasteiger charge is -2.16. The molecule has 4 N–H and O–H groups in total. The SMILES string of the molecule is CCN(C)CCC(N)CCN. The first-order valence-electron chi connectivity index (χ1n) is 4.34. The summed E-state index contributed by atoms with van der Waals surface area (Å²) in [6.07, 6.45) is 2.00. The minimum atomic E-state index is 0.286. The Labute approximate surface area is 69.7 Å². The van der Waals surface area contributed by atoms with Gasteiger partial charge in [0.15, 0.2) is 0 Å². The Morgan fingerprint density at radius 1 is 1.36 bits per heavy atom. The largest absolute Gasteiger partial charge is 0.330 e. The number of hydrogen-bond donors (Lipinski definition) is 2. The molecule has 0 radical (unpaired) electrons. The maximum absolute atomic E-state index is 5.78. The van der Waals surface area contributed by atoms with E-state index in [-0.39, 0.29) is 6.04 Å². The molecule has 0 aliphatic rings. The molecule has 0 aromatic carbocycles. The normalized spacial score (nSPS) is 13.9. The van der Waals surface area contributed by atoms with Gasteiger partial charge in [-0.3, -0.25) is 0 Å². The molecule has 0 fully saturated rings. The monoisotopic (exact) mass is 159 g/mol. The molecule has 0 spiro atoms. The lowest BCUT2D eigenvalue weighted by Crippen LogP contribution is -2.29. The van der Waals surface area contributed by atoms with Gasteiger partial charge in [0.2, 0.25) is 0 Å². The van der Waals surface area contributed by atoms with E-state index in [1.54, 1.807) is 0 Å². The first-order valence-corrected chi connectivity index (χ1v) is 4.34. The van der Waals surface area contributed by atoms with Crippen LogP contribution in [0.3, 0.4) is 0 Å². The topological polar surface area (TPSA) is 55.3 Å². The van der Waals surface area contributed by atoms with Crippen molar-refractivity contribution in [3.8, 4) is 0 Å². The summed E-state index contributed by atoms with van der Waals surface area (Å²) in [7, 11) is 2.11. The average Bonchev–Trinajstić information content (AvgIpc) is 2.01. The summed E-state index contributed by atoms with van der Waals surface area (Å²) in [5.41, 5.74) is 11.2. The molecule has 68 valence electrons. The van der Waals surface area contributed by atoms with Gasteiger partial charge in [-0.2, -0.15) is 0 Å². The van der Waals surface area contributed by atoms with Crippen molar-refractivity contribution < 1.29 is 0 Å². The van der Waals surface area contributed by atoms with Crippen LogP contribution in [0.2, 0.25) is 0 Å². The second kappa shape index (κ2) is 6.58. The quantitative estimate of drug-likeness (QED) is 0.574. The maximum atomic E-state index is 5.78. The van der Waals surface area contributed by atoms with Crippen molar-refractivity contribution in [3.05, 3.63) is 0 Å². The highest BCUT2D eigenvalue weighted by Gasteiger charge is 2.01. The molecular weight excluding hydrogens is 138 g/mol. The molecule has 0 rings (SSSR count). The molecule has 1 atom stereocenters. The summed E-state index contributed by atoms with van der Waals surface area (Å²) in [5.74, 6) is 0. The summed E-state index contributed by atoms with van der Waals surface area (Å²) in [5, 5.41) is 0. The number of nitrogens with zero attached hydrogens (tertiary/aromatic N) is 1. The fourth-order valence-electron chi connectivity index (χ4n) is 0.903. The second-order valence-electron chi connectivity index (χ2n) is 3.02. The number of hydrogen-bond acceptors (Lipinski definition) is 3. The van der Waals surface area contributed by atoms with E-state index >= 15 is 0 Å². The molecular formula is C8H21N3. The van der Waals surface area contributed by atoms with E-state index < -0.39 is 0 Å². The zero-order valence-corrected chi connectivity index (χ0v) is 7.71. The van der Waals surface area contributed by atoms with E-state index in [9.17, 15) is 0 Å². The molecule has 0 amide bonds. The molecule has 3 heteroatoms. The summed E-state index contributed by atoms with van der Waals surface area (Å²) in [4.78, 5) is 2.26. The Bertz CT molecular complexity index is 85.4. The molecule has 0 heterocycles. The zero-order valence-electron chi connectivity index (χ0n) is 7.71. The standard InChI is InChI=1S/C8H21N3/c1-3-11(2)7-5-8(10)4-6-9/h8H,3-7,9-10H2,1-2H3. The predicted molar refractivity (Wildman–Crippen MR) is 49.4 cm³/mol. The van der Waals surface area contributed by atoms with Crippen LogP contribution in [0.15, 0.2) is 0 Å². The van der Waals surface area contributed by atoms with Gasteiger partial charge < -0.3 is 16.4 Å². The van der Waals surface area contributed by atoms with Gasteiger partial charge in [0, 0.05) is 6.04 Å². The van der Waals surface area contributed by atoms with E-state index in [0.29, 0.717) is 6.54 Å². The first-order chi connectivity index (χ1) is 5.20. The van der Waals surface area contributed by atoms with E-state index in [0.717, 1.165) is 25.9 Å². The van der Waals surface area contributed by atoms with Crippen LogP contribution in [0.5, 0.6) is 0 Å². The van der Waals surface area contributed by atoms with Gasteiger partial charge in [0.25, 0.3) is 0 Å². The highest BCUT2D eigenvalue weighted by molar-refractivity contribution is 4.63. The number of rotatable bonds is 6. The minimum Gasteiger partial charge on any atom is -0.330 e. The molecule has 11 heavy (non-hydrogen) atoms. The van der Waals surface area contributed by atoms with Crippen molar-refractivity contribution in [3.63, 3.8) is 0 Å². The summed E-state index contributed by atoms with van der Waals surface area (Å²) >= 11 is 0. The lowest BCUT2D eigenvalue weighted by molar-refractivity contribution is 0.331. The highest BCUT2D eigenvalue weighted by Crippen LogP contribution is 1.94. The van der Waals surface area contributed by atoms with E-state index in [1.807, 2.05) is 0 Å². The molecule has 0 aromatic rings. The average molecular weight is 159 g/mol. The maximum Gasteiger partial charge on any atom is 0.00630 e. The van der Waals surface area contributed by atoms with Crippen LogP contribution in [0.4, 0.5) is 0 Å². The van der Waals surface area contributed by atoms with E-state index in [4.69, 9.17) is 11.5 Å². The Hall–Kier alpha value is -0.120. The number of nitrogens with two attached hydrogens (primary N) is 2. The molecule has 3 nitrogen and oxygen atoms in total. The Balaban J connectivity index is 3.22. The van der Waals surface area contributed by atoms with E-state index in [1.165, 1.54) is 0 Å². The Kier molecular flexibility index (Phi) is 6.51. The molecule has 0 saturated heterocycles. The molecule has 0 bridgehead atoms. The fraction of sp³-hybridized carbons (Fsp3) is 1.00. The molecule has 0 saturated carbocycles. The van der Waals surface area contributed by atoms with Crippen LogP contribution >= 0.6 is 0 Å². The molecule has 0 aliphatic carbocycles. The van der Waals surface area contributed by atoms with Crippen LogP contribution in [-0.2, 0) is 0 Å². The van der Waals surface area contributed by atoms with Crippen LogP contribution in [0.25, 0.3) is 0 Å². The van der Waals surface area contributed by atoms with Gasteiger partial charge in [-0.25, -0.2) is 0 Å². The van der Waals surface area contributed by atoms with E-state index in [2.05, 4.69) is 18.9 Å². The third kappa shape index (κ3) is 6.28. The first kappa shape index (κ1) is 10.9. The van der Waals surface area contributed by atoms with Crippen LogP contribution < -0.4 is 11.5 Å². The summed E-state index contributed by atoms with van der Waals surface area (Å²) in [6, 6.07) is 0.286. The summed E-state index contributed by atoms with van der Waals surface area (Å²) in [6.45, 7) is 5.03. The highest BCUT2D eigenvalue weighted by atomic mass is 15.1. The van der Waals surface area contributed by atoms with Gasteiger partial charge in [-0.1, -0.05) is 6.92 Å². The molecule has 0 aliphatic heterocycles. The summed E-state index contributed by atoms with van der Waals surface area (Å²) < 4.78 is 0. The fourth-order valence-corrected chi connectivity index (χ4v) is 0.903. The van der Waals surface area contributed by atoms with Crippen molar-refractivity contribution in [2.24, 2.45) is 11.5 Å². The van der Waals surface area contributed by atoms with Crippen LogP contribution in [0, 0.1) is 0 Å². The van der Waals surface area contributed by atoms with Gasteiger partial charge in [0.05, 0.1) is 0 Å². The minimum absolute atomic E-state index is 0.286. The Morgan fingerprint density at radius 3 is 2.45 bits per heavy atom. The lowest BCUT2D eigenvalue weighted by atomic mass is 10.1. The third-order valence-corrected chi connectivity index (χ3v) is 1.96. The molecule has 1 unspecified atom stereocenters. The second-order valence-corrected chi connectivity index (χ2v) is 3.02. The van der Waals surface area contributed by atoms with Gasteiger partial charge in [-0.05, 0) is 39.5 Å². The molecule has 0 aromatic heterocycles. The van der Waals surface area contributed by atoms with Gasteiger partial charge in [0.1, 0.15) is 0 Å². The Morgan fingerprint density at radius 2 is 2.00 bits per heavy atom. The van der Waals surface area contributed by atoms with Crippen LogP contribution in [-0.4, -0.2) is 37.6 Å². The predicted octanol–water partition coefficient (Wildman–Crippen LogP) is 0.00430. The van der Waals surface area contributed by atoms with Crippen molar-refractivity contribution in [1.82, 2.24) is 4.90 Å². The smallest absolute Gasteiger partial charge is 0.00630 e. The van der Waals surface area contributed by atoms with Gasteiger partial charge >= 0.3 is 0 Å².